The summed E-state index contributed by atoms with van der Waals surface area (Å²) in [4.78, 5) is 19.2. The maximum absolute atomic E-state index is 11.9. The fourth-order valence-electron chi connectivity index (χ4n) is 5.08. The van der Waals surface area contributed by atoms with E-state index < -0.39 is 0 Å². The molecule has 0 spiro atoms. The Balaban J connectivity index is 1.69. The maximum atomic E-state index is 11.9. The van der Waals surface area contributed by atoms with Gasteiger partial charge in [-0.2, -0.15) is 4.98 Å². The van der Waals surface area contributed by atoms with Crippen LogP contribution in [0.4, 0.5) is 17.4 Å². The fourth-order valence-corrected chi connectivity index (χ4v) is 5.08. The lowest BCUT2D eigenvalue weighted by Crippen LogP contribution is -2.39. The Bertz CT molecular complexity index is 1120. The number of methoxy groups -OCH3 is 1. The van der Waals surface area contributed by atoms with Crippen molar-refractivity contribution in [3.05, 3.63) is 60.4 Å². The lowest BCUT2D eigenvalue weighted by Gasteiger charge is -2.38. The highest BCUT2D eigenvalue weighted by atomic mass is 16.5. The molecule has 1 fully saturated rings. The summed E-state index contributed by atoms with van der Waals surface area (Å²) in [5, 5.41) is 3.48. The molecule has 6 nitrogen and oxygen atoms in total. The highest BCUT2D eigenvalue weighted by Crippen LogP contribution is 2.37. The molecular formula is C30H39N3O3. The van der Waals surface area contributed by atoms with Gasteiger partial charge >= 0.3 is 5.97 Å². The number of carbonyl (C=O) groups is 1. The van der Waals surface area contributed by atoms with Gasteiger partial charge in [-0.25, -0.2) is 0 Å². The molecule has 192 valence electrons. The van der Waals surface area contributed by atoms with E-state index in [9.17, 15) is 4.79 Å². The molecule has 1 aliphatic carbocycles. The Morgan fingerprint density at radius 1 is 1.11 bits per heavy atom. The van der Waals surface area contributed by atoms with E-state index >= 15 is 0 Å². The molecule has 0 amide bonds. The third kappa shape index (κ3) is 6.48. The van der Waals surface area contributed by atoms with Crippen LogP contribution in [-0.4, -0.2) is 30.6 Å². The van der Waals surface area contributed by atoms with Crippen LogP contribution in [0.25, 0.3) is 11.3 Å². The van der Waals surface area contributed by atoms with Gasteiger partial charge in [-0.3, -0.25) is 4.79 Å². The van der Waals surface area contributed by atoms with Crippen LogP contribution in [0.3, 0.4) is 0 Å². The molecule has 0 bridgehead atoms. The molecule has 1 aromatic heterocycles. The molecule has 2 aromatic carbocycles. The molecule has 0 saturated heterocycles. The van der Waals surface area contributed by atoms with E-state index in [-0.39, 0.29) is 11.9 Å². The second kappa shape index (κ2) is 12.1. The molecule has 6 heteroatoms. The smallest absolute Gasteiger partial charge is 0.306 e. The van der Waals surface area contributed by atoms with Gasteiger partial charge in [0.05, 0.1) is 24.9 Å². The summed E-state index contributed by atoms with van der Waals surface area (Å²) in [6.45, 7) is 7.59. The van der Waals surface area contributed by atoms with Crippen molar-refractivity contribution in [3.8, 4) is 11.3 Å². The number of oxazole rings is 1. The van der Waals surface area contributed by atoms with Gasteiger partial charge in [-0.1, -0.05) is 76.4 Å². The van der Waals surface area contributed by atoms with E-state index in [4.69, 9.17) is 14.1 Å². The molecule has 0 radical (unpaired) electrons. The van der Waals surface area contributed by atoms with Gasteiger partial charge in [0.25, 0.3) is 6.01 Å². The van der Waals surface area contributed by atoms with Crippen LogP contribution in [0.15, 0.2) is 59.2 Å². The predicted octanol–water partition coefficient (Wildman–Crippen LogP) is 7.55. The zero-order valence-corrected chi connectivity index (χ0v) is 22.0. The lowest BCUT2D eigenvalue weighted by molar-refractivity contribution is -0.140. The number of carbonyl (C=O) groups excluding carboxylic acids is 1. The van der Waals surface area contributed by atoms with E-state index in [1.54, 1.807) is 6.26 Å². The maximum Gasteiger partial charge on any atom is 0.306 e. The van der Waals surface area contributed by atoms with Gasteiger partial charge in [0, 0.05) is 18.2 Å². The molecule has 1 heterocycles. The Morgan fingerprint density at radius 2 is 1.86 bits per heavy atom. The van der Waals surface area contributed by atoms with Crippen molar-refractivity contribution >= 4 is 23.4 Å². The van der Waals surface area contributed by atoms with E-state index in [0.717, 1.165) is 34.7 Å². The molecule has 36 heavy (non-hydrogen) atoms. The zero-order valence-electron chi connectivity index (χ0n) is 22.0. The van der Waals surface area contributed by atoms with Crippen molar-refractivity contribution in [1.29, 1.82) is 0 Å². The topological polar surface area (TPSA) is 67.6 Å². The quantitative estimate of drug-likeness (QED) is 0.297. The van der Waals surface area contributed by atoms with Crippen LogP contribution in [0.1, 0.15) is 70.8 Å². The summed E-state index contributed by atoms with van der Waals surface area (Å²) in [7, 11) is 1.44. The first-order valence-corrected chi connectivity index (χ1v) is 13.2. The number of anilines is 3. The summed E-state index contributed by atoms with van der Waals surface area (Å²) in [6.07, 6.45) is 8.32. The number of benzene rings is 2. The highest BCUT2D eigenvalue weighted by Gasteiger charge is 2.25. The number of ether oxygens (including phenoxy) is 1. The third-order valence-electron chi connectivity index (χ3n) is 6.99. The number of hydrogen-bond acceptors (Lipinski definition) is 6. The van der Waals surface area contributed by atoms with E-state index in [1.165, 1.54) is 39.2 Å². The minimum atomic E-state index is -0.204. The molecule has 3 aromatic rings. The molecule has 1 atom stereocenters. The van der Waals surface area contributed by atoms with Crippen molar-refractivity contribution in [3.63, 3.8) is 0 Å². The molecule has 1 unspecified atom stereocenters. The second-order valence-corrected chi connectivity index (χ2v) is 10.3. The van der Waals surface area contributed by atoms with Crippen LogP contribution < -0.4 is 10.2 Å². The predicted molar refractivity (Wildman–Crippen MR) is 146 cm³/mol. The number of aromatic nitrogens is 1. The fraction of sp³-hybridized carbons (Fsp3) is 0.467. The summed E-state index contributed by atoms with van der Waals surface area (Å²) in [5.41, 5.74) is 5.00. The molecule has 1 N–H and O–H groups in total. The summed E-state index contributed by atoms with van der Waals surface area (Å²) in [6, 6.07) is 17.5. The minimum absolute atomic E-state index is 0.0321. The van der Waals surface area contributed by atoms with Gasteiger partial charge in [-0.15, -0.1) is 0 Å². The monoisotopic (exact) mass is 489 g/mol. The normalized spacial score (nSPS) is 15.0. The Morgan fingerprint density at radius 3 is 2.56 bits per heavy atom. The molecule has 4 rings (SSSR count). The minimum Gasteiger partial charge on any atom is -0.469 e. The van der Waals surface area contributed by atoms with Crippen LogP contribution in [0.2, 0.25) is 0 Å². The largest absolute Gasteiger partial charge is 0.469 e. The molecule has 1 saturated carbocycles. The van der Waals surface area contributed by atoms with Crippen LogP contribution >= 0.6 is 0 Å². The van der Waals surface area contributed by atoms with E-state index in [2.05, 4.69) is 49.2 Å². The van der Waals surface area contributed by atoms with Gasteiger partial charge < -0.3 is 19.4 Å². The van der Waals surface area contributed by atoms with Gasteiger partial charge in [0.15, 0.2) is 0 Å². The Hall–Kier alpha value is -3.28. The highest BCUT2D eigenvalue weighted by molar-refractivity contribution is 5.76. The summed E-state index contributed by atoms with van der Waals surface area (Å²) in [5.74, 6) is 0.360. The Kier molecular flexibility index (Phi) is 8.68. The van der Waals surface area contributed by atoms with Crippen molar-refractivity contribution in [2.45, 2.75) is 71.3 Å². The van der Waals surface area contributed by atoms with Gasteiger partial charge in [0.2, 0.25) is 0 Å². The van der Waals surface area contributed by atoms with Gasteiger partial charge in [-0.05, 0) is 42.4 Å². The summed E-state index contributed by atoms with van der Waals surface area (Å²) >= 11 is 0. The zero-order chi connectivity index (χ0) is 25.5. The average Bonchev–Trinajstić information content (AvgIpc) is 3.36. The van der Waals surface area contributed by atoms with Crippen LogP contribution in [-0.2, 0) is 9.53 Å². The van der Waals surface area contributed by atoms with Crippen LogP contribution in [0, 0.1) is 5.92 Å². The summed E-state index contributed by atoms with van der Waals surface area (Å²) < 4.78 is 10.8. The first-order valence-electron chi connectivity index (χ1n) is 13.2. The average molecular weight is 490 g/mol. The Labute approximate surface area is 215 Å². The number of nitrogens with zero attached hydrogens (tertiary/aromatic N) is 2. The first kappa shape index (κ1) is 25.8. The second-order valence-electron chi connectivity index (χ2n) is 10.3. The first-order chi connectivity index (χ1) is 17.4. The molecule has 0 aliphatic heterocycles. The molecular weight excluding hydrogens is 450 g/mol. The van der Waals surface area contributed by atoms with Gasteiger partial charge in [0.1, 0.15) is 12.0 Å². The number of esters is 1. The van der Waals surface area contributed by atoms with E-state index in [1.807, 2.05) is 30.3 Å². The standard InChI is InChI=1S/C30H39N3O3/c1-21(2)19-33(25-13-9-6-10-14-25)28-16-15-24(22(3)17-29(34)35-4)18-26(28)31-30-32-27(20-36-30)23-11-7-5-8-12-23/h5,7-8,11-12,15-16,18,20-22,25H,6,9-10,13-14,17,19H2,1-4H3,(H,31,32). The van der Waals surface area contributed by atoms with Crippen molar-refractivity contribution in [1.82, 2.24) is 4.98 Å². The number of nitrogens with one attached hydrogen (secondary N) is 1. The van der Waals surface area contributed by atoms with Crippen molar-refractivity contribution < 1.29 is 13.9 Å². The number of rotatable bonds is 10. The van der Waals surface area contributed by atoms with Crippen molar-refractivity contribution in [2.24, 2.45) is 5.92 Å². The molecule has 1 aliphatic rings. The van der Waals surface area contributed by atoms with Crippen molar-refractivity contribution in [2.75, 3.05) is 23.9 Å². The van der Waals surface area contributed by atoms with Crippen LogP contribution in [0.5, 0.6) is 0 Å². The third-order valence-corrected chi connectivity index (χ3v) is 6.99. The lowest BCUT2D eigenvalue weighted by atomic mass is 9.92. The SMILES string of the molecule is COC(=O)CC(C)c1ccc(N(CC(C)C)C2CCCCC2)c(Nc2nc(-c3ccccc3)co2)c1. The van der Waals surface area contributed by atoms with E-state index in [0.29, 0.717) is 24.4 Å². The number of hydrogen-bond donors (Lipinski definition) is 1.